The van der Waals surface area contributed by atoms with Crippen molar-refractivity contribution in [2.75, 3.05) is 26.2 Å². The summed E-state index contributed by atoms with van der Waals surface area (Å²) in [5, 5.41) is 3.40. The Morgan fingerprint density at radius 3 is 2.53 bits per heavy atom. The Morgan fingerprint density at radius 1 is 1.33 bits per heavy atom. The summed E-state index contributed by atoms with van der Waals surface area (Å²) in [5.41, 5.74) is 1.53. The second-order valence-corrected chi connectivity index (χ2v) is 5.79. The largest absolute Gasteiger partial charge is 0.314 e. The van der Waals surface area contributed by atoms with E-state index in [1.165, 1.54) is 28.4 Å². The van der Waals surface area contributed by atoms with E-state index < -0.39 is 0 Å². The predicted molar refractivity (Wildman–Crippen MR) is 66.7 cm³/mol. The van der Waals surface area contributed by atoms with Gasteiger partial charge in [-0.25, -0.2) is 0 Å². The van der Waals surface area contributed by atoms with Gasteiger partial charge in [-0.3, -0.25) is 4.90 Å². The minimum Gasteiger partial charge on any atom is -0.314 e. The molecule has 1 unspecified atom stereocenters. The first-order valence-electron chi connectivity index (χ1n) is 5.70. The van der Waals surface area contributed by atoms with Gasteiger partial charge < -0.3 is 5.32 Å². The fraction of sp³-hybridized carbons (Fsp3) is 0.667. The Bertz CT molecular complexity index is 326. The van der Waals surface area contributed by atoms with Crippen molar-refractivity contribution in [3.63, 3.8) is 0 Å². The summed E-state index contributed by atoms with van der Waals surface area (Å²) in [5.74, 6) is 0. The summed E-state index contributed by atoms with van der Waals surface area (Å²) in [6.07, 6.45) is 0. The molecule has 1 aliphatic rings. The SMILES string of the molecule is Cc1cc(C(C)N2CCNCC2)c(C)s1. The lowest BCUT2D eigenvalue weighted by atomic mass is 10.1. The maximum Gasteiger partial charge on any atom is 0.0331 e. The molecule has 84 valence electrons. The Morgan fingerprint density at radius 2 is 2.00 bits per heavy atom. The molecule has 0 radical (unpaired) electrons. The number of nitrogens with zero attached hydrogens (tertiary/aromatic N) is 1. The monoisotopic (exact) mass is 224 g/mol. The van der Waals surface area contributed by atoms with E-state index in [1.807, 2.05) is 11.3 Å². The number of thiophene rings is 1. The Balaban J connectivity index is 2.12. The molecule has 0 bridgehead atoms. The van der Waals surface area contributed by atoms with E-state index >= 15 is 0 Å². The van der Waals surface area contributed by atoms with Gasteiger partial charge in [-0.2, -0.15) is 0 Å². The van der Waals surface area contributed by atoms with Crippen LogP contribution in [0.1, 0.15) is 28.3 Å². The van der Waals surface area contributed by atoms with Crippen molar-refractivity contribution in [3.8, 4) is 0 Å². The highest BCUT2D eigenvalue weighted by atomic mass is 32.1. The molecule has 2 heterocycles. The van der Waals surface area contributed by atoms with Crippen LogP contribution in [0.5, 0.6) is 0 Å². The average molecular weight is 224 g/mol. The minimum atomic E-state index is 0.581. The van der Waals surface area contributed by atoms with Crippen LogP contribution < -0.4 is 5.32 Å². The zero-order valence-electron chi connectivity index (χ0n) is 9.84. The second kappa shape index (κ2) is 4.64. The van der Waals surface area contributed by atoms with Crippen molar-refractivity contribution in [2.24, 2.45) is 0 Å². The lowest BCUT2D eigenvalue weighted by Gasteiger charge is -2.33. The lowest BCUT2D eigenvalue weighted by molar-refractivity contribution is 0.185. The van der Waals surface area contributed by atoms with E-state index in [-0.39, 0.29) is 0 Å². The summed E-state index contributed by atoms with van der Waals surface area (Å²) >= 11 is 1.92. The van der Waals surface area contributed by atoms with Crippen LogP contribution in [0, 0.1) is 13.8 Å². The molecule has 15 heavy (non-hydrogen) atoms. The molecule has 1 N–H and O–H groups in total. The zero-order chi connectivity index (χ0) is 10.8. The first-order valence-corrected chi connectivity index (χ1v) is 6.52. The molecule has 3 heteroatoms. The van der Waals surface area contributed by atoms with Crippen molar-refractivity contribution >= 4 is 11.3 Å². The first kappa shape index (κ1) is 11.1. The van der Waals surface area contributed by atoms with Gasteiger partial charge in [-0.15, -0.1) is 11.3 Å². The molecule has 1 fully saturated rings. The number of piperazine rings is 1. The van der Waals surface area contributed by atoms with Crippen LogP contribution in [0.15, 0.2) is 6.07 Å². The van der Waals surface area contributed by atoms with Crippen LogP contribution in [-0.4, -0.2) is 31.1 Å². The molecule has 0 aromatic carbocycles. The number of hydrogen-bond donors (Lipinski definition) is 1. The fourth-order valence-electron chi connectivity index (χ4n) is 2.33. The van der Waals surface area contributed by atoms with E-state index in [0.29, 0.717) is 6.04 Å². The molecular formula is C12H20N2S. The summed E-state index contributed by atoms with van der Waals surface area (Å²) in [6, 6.07) is 2.93. The minimum absolute atomic E-state index is 0.581. The molecule has 0 saturated carbocycles. The van der Waals surface area contributed by atoms with Crippen LogP contribution in [0.25, 0.3) is 0 Å². The topological polar surface area (TPSA) is 15.3 Å². The molecule has 1 saturated heterocycles. The molecule has 1 atom stereocenters. The summed E-state index contributed by atoms with van der Waals surface area (Å²) in [6.45, 7) is 11.4. The number of nitrogens with one attached hydrogen (secondary N) is 1. The van der Waals surface area contributed by atoms with Gasteiger partial charge in [0.25, 0.3) is 0 Å². The molecule has 2 nitrogen and oxygen atoms in total. The molecule has 1 aromatic rings. The smallest absolute Gasteiger partial charge is 0.0331 e. The maximum atomic E-state index is 3.40. The van der Waals surface area contributed by atoms with Gasteiger partial charge in [0.2, 0.25) is 0 Å². The molecule has 0 aliphatic carbocycles. The van der Waals surface area contributed by atoms with Crippen LogP contribution in [0.4, 0.5) is 0 Å². The van der Waals surface area contributed by atoms with Crippen molar-refractivity contribution in [2.45, 2.75) is 26.8 Å². The van der Waals surface area contributed by atoms with E-state index in [9.17, 15) is 0 Å². The average Bonchev–Trinajstić information content (AvgIpc) is 2.58. The van der Waals surface area contributed by atoms with Crippen LogP contribution >= 0.6 is 11.3 Å². The third kappa shape index (κ3) is 2.41. The zero-order valence-corrected chi connectivity index (χ0v) is 10.7. The van der Waals surface area contributed by atoms with Crippen molar-refractivity contribution < 1.29 is 0 Å². The van der Waals surface area contributed by atoms with E-state index in [0.717, 1.165) is 13.1 Å². The van der Waals surface area contributed by atoms with Gasteiger partial charge >= 0.3 is 0 Å². The Kier molecular flexibility index (Phi) is 3.44. The van der Waals surface area contributed by atoms with Crippen LogP contribution in [-0.2, 0) is 0 Å². The lowest BCUT2D eigenvalue weighted by Crippen LogP contribution is -2.44. The number of rotatable bonds is 2. The second-order valence-electron chi connectivity index (χ2n) is 4.33. The van der Waals surface area contributed by atoms with Gasteiger partial charge in [0.15, 0.2) is 0 Å². The predicted octanol–water partition coefficient (Wildman–Crippen LogP) is 2.33. The molecular weight excluding hydrogens is 204 g/mol. The third-order valence-corrected chi connectivity index (χ3v) is 4.21. The molecule has 1 aliphatic heterocycles. The fourth-order valence-corrected chi connectivity index (χ4v) is 3.35. The summed E-state index contributed by atoms with van der Waals surface area (Å²) in [7, 11) is 0. The highest BCUT2D eigenvalue weighted by Crippen LogP contribution is 2.29. The summed E-state index contributed by atoms with van der Waals surface area (Å²) in [4.78, 5) is 5.49. The van der Waals surface area contributed by atoms with E-state index in [2.05, 4.69) is 37.1 Å². The normalized spacial score (nSPS) is 20.5. The van der Waals surface area contributed by atoms with E-state index in [4.69, 9.17) is 0 Å². The van der Waals surface area contributed by atoms with Crippen molar-refractivity contribution in [1.29, 1.82) is 0 Å². The van der Waals surface area contributed by atoms with Gasteiger partial charge in [-0.1, -0.05) is 0 Å². The van der Waals surface area contributed by atoms with Gasteiger partial charge in [0, 0.05) is 42.0 Å². The van der Waals surface area contributed by atoms with Crippen molar-refractivity contribution in [3.05, 3.63) is 21.4 Å². The van der Waals surface area contributed by atoms with Crippen molar-refractivity contribution in [1.82, 2.24) is 10.2 Å². The highest BCUT2D eigenvalue weighted by molar-refractivity contribution is 7.12. The molecule has 1 aromatic heterocycles. The van der Waals surface area contributed by atoms with Crippen LogP contribution in [0.3, 0.4) is 0 Å². The molecule has 0 spiro atoms. The highest BCUT2D eigenvalue weighted by Gasteiger charge is 2.20. The Hall–Kier alpha value is -0.380. The molecule has 2 rings (SSSR count). The maximum absolute atomic E-state index is 3.40. The summed E-state index contributed by atoms with van der Waals surface area (Å²) < 4.78 is 0. The molecule has 0 amide bonds. The first-order chi connectivity index (χ1) is 7.18. The van der Waals surface area contributed by atoms with E-state index in [1.54, 1.807) is 0 Å². The van der Waals surface area contributed by atoms with Crippen LogP contribution in [0.2, 0.25) is 0 Å². The number of hydrogen-bond acceptors (Lipinski definition) is 3. The quantitative estimate of drug-likeness (QED) is 0.829. The third-order valence-electron chi connectivity index (χ3n) is 3.23. The standard InChI is InChI=1S/C12H20N2S/c1-9-8-12(11(3)15-9)10(2)14-6-4-13-5-7-14/h8,10,13H,4-7H2,1-3H3. The van der Waals surface area contributed by atoms with Gasteiger partial charge in [0.05, 0.1) is 0 Å². The van der Waals surface area contributed by atoms with Gasteiger partial charge in [-0.05, 0) is 32.4 Å². The van der Waals surface area contributed by atoms with Gasteiger partial charge in [0.1, 0.15) is 0 Å². The number of aryl methyl sites for hydroxylation is 2. The Labute approximate surface area is 96.3 Å².